The van der Waals surface area contributed by atoms with Crippen LogP contribution in [0.3, 0.4) is 0 Å². The Balaban J connectivity index is 1.86. The van der Waals surface area contributed by atoms with Crippen LogP contribution in [0.4, 0.5) is 5.13 Å². The summed E-state index contributed by atoms with van der Waals surface area (Å²) in [7, 11) is 1.98. The van der Waals surface area contributed by atoms with Gasteiger partial charge in [-0.1, -0.05) is 19.8 Å². The molecule has 96 valence electrons. The Morgan fingerprint density at radius 1 is 1.47 bits per heavy atom. The van der Waals surface area contributed by atoms with Crippen LogP contribution in [-0.2, 0) is 6.54 Å². The number of hydrogen-bond acceptors (Lipinski definition) is 4. The number of hydrogen-bond donors (Lipinski definition) is 1. The van der Waals surface area contributed by atoms with Gasteiger partial charge in [0.25, 0.3) is 0 Å². The van der Waals surface area contributed by atoms with Crippen LogP contribution in [0, 0.1) is 5.92 Å². The smallest absolute Gasteiger partial charge is 0.185 e. The van der Waals surface area contributed by atoms with E-state index in [1.54, 1.807) is 0 Å². The number of piperidine rings is 1. The van der Waals surface area contributed by atoms with Gasteiger partial charge in [0.05, 0.1) is 0 Å². The van der Waals surface area contributed by atoms with Crippen molar-refractivity contribution in [2.45, 2.75) is 39.2 Å². The van der Waals surface area contributed by atoms with Gasteiger partial charge in [-0.05, 0) is 25.8 Å². The Morgan fingerprint density at radius 3 is 2.88 bits per heavy atom. The highest BCUT2D eigenvalue weighted by molar-refractivity contribution is 7.15. The lowest BCUT2D eigenvalue weighted by atomic mass is 9.93. The Kier molecular flexibility index (Phi) is 4.80. The lowest BCUT2D eigenvalue weighted by Crippen LogP contribution is -2.33. The highest BCUT2D eigenvalue weighted by atomic mass is 32.1. The van der Waals surface area contributed by atoms with Crippen molar-refractivity contribution in [3.8, 4) is 0 Å². The summed E-state index contributed by atoms with van der Waals surface area (Å²) in [6.45, 7) is 5.61. The van der Waals surface area contributed by atoms with Crippen LogP contribution in [0.1, 0.15) is 37.5 Å². The predicted molar refractivity (Wildman–Crippen MR) is 74.7 cm³/mol. The third kappa shape index (κ3) is 3.42. The van der Waals surface area contributed by atoms with Gasteiger partial charge in [0.15, 0.2) is 5.13 Å². The SMILES string of the molecule is CCCC1CCN(c2ncc(CNC)s2)CC1. The first-order valence-electron chi connectivity index (χ1n) is 6.67. The molecule has 1 aromatic heterocycles. The van der Waals surface area contributed by atoms with Gasteiger partial charge >= 0.3 is 0 Å². The van der Waals surface area contributed by atoms with Gasteiger partial charge < -0.3 is 10.2 Å². The zero-order valence-corrected chi connectivity index (χ0v) is 11.7. The summed E-state index contributed by atoms with van der Waals surface area (Å²) in [6, 6.07) is 0. The van der Waals surface area contributed by atoms with E-state index >= 15 is 0 Å². The van der Waals surface area contributed by atoms with E-state index in [1.807, 2.05) is 24.6 Å². The molecule has 0 radical (unpaired) electrons. The van der Waals surface area contributed by atoms with Crippen molar-refractivity contribution in [3.63, 3.8) is 0 Å². The number of aromatic nitrogens is 1. The van der Waals surface area contributed by atoms with E-state index < -0.39 is 0 Å². The molecule has 0 unspecified atom stereocenters. The molecule has 0 aromatic carbocycles. The van der Waals surface area contributed by atoms with E-state index in [1.165, 1.54) is 48.8 Å². The van der Waals surface area contributed by atoms with Gasteiger partial charge in [-0.15, -0.1) is 11.3 Å². The van der Waals surface area contributed by atoms with Crippen molar-refractivity contribution >= 4 is 16.5 Å². The lowest BCUT2D eigenvalue weighted by molar-refractivity contribution is 0.378. The monoisotopic (exact) mass is 253 g/mol. The summed E-state index contributed by atoms with van der Waals surface area (Å²) >= 11 is 1.83. The van der Waals surface area contributed by atoms with Gasteiger partial charge in [-0.2, -0.15) is 0 Å². The minimum atomic E-state index is 0.934. The molecule has 0 amide bonds. The summed E-state index contributed by atoms with van der Waals surface area (Å²) in [5.74, 6) is 0.952. The highest BCUT2D eigenvalue weighted by Crippen LogP contribution is 2.28. The summed E-state index contributed by atoms with van der Waals surface area (Å²) in [5.41, 5.74) is 0. The number of rotatable bonds is 5. The molecule has 1 saturated heterocycles. The first kappa shape index (κ1) is 12.8. The molecule has 0 bridgehead atoms. The lowest BCUT2D eigenvalue weighted by Gasteiger charge is -2.31. The third-order valence-electron chi connectivity index (χ3n) is 3.47. The second kappa shape index (κ2) is 6.36. The molecule has 2 rings (SSSR count). The maximum absolute atomic E-state index is 4.53. The van der Waals surface area contributed by atoms with Crippen molar-refractivity contribution in [3.05, 3.63) is 11.1 Å². The maximum atomic E-state index is 4.53. The molecule has 1 N–H and O–H groups in total. The predicted octanol–water partition coefficient (Wildman–Crippen LogP) is 2.88. The molecule has 1 aliphatic rings. The molecular weight excluding hydrogens is 230 g/mol. The average Bonchev–Trinajstić information content (AvgIpc) is 2.80. The number of nitrogens with one attached hydrogen (secondary N) is 1. The molecule has 0 aliphatic carbocycles. The maximum Gasteiger partial charge on any atom is 0.185 e. The Hall–Kier alpha value is -0.610. The fraction of sp³-hybridized carbons (Fsp3) is 0.769. The minimum Gasteiger partial charge on any atom is -0.348 e. The topological polar surface area (TPSA) is 28.2 Å². The summed E-state index contributed by atoms with van der Waals surface area (Å²) in [6.07, 6.45) is 7.42. The number of nitrogens with zero attached hydrogens (tertiary/aromatic N) is 2. The van der Waals surface area contributed by atoms with Crippen molar-refractivity contribution in [2.75, 3.05) is 25.0 Å². The molecule has 1 aromatic rings. The van der Waals surface area contributed by atoms with Crippen LogP contribution in [0.15, 0.2) is 6.20 Å². The van der Waals surface area contributed by atoms with Crippen molar-refractivity contribution in [1.29, 1.82) is 0 Å². The van der Waals surface area contributed by atoms with Crippen molar-refractivity contribution in [2.24, 2.45) is 5.92 Å². The fourth-order valence-electron chi connectivity index (χ4n) is 2.52. The van der Waals surface area contributed by atoms with Crippen LogP contribution in [0.2, 0.25) is 0 Å². The van der Waals surface area contributed by atoms with Crippen LogP contribution in [-0.4, -0.2) is 25.1 Å². The molecule has 0 spiro atoms. The van der Waals surface area contributed by atoms with Gasteiger partial charge in [-0.25, -0.2) is 4.98 Å². The van der Waals surface area contributed by atoms with E-state index in [9.17, 15) is 0 Å². The Morgan fingerprint density at radius 2 is 2.24 bits per heavy atom. The fourth-order valence-corrected chi connectivity index (χ4v) is 3.49. The van der Waals surface area contributed by atoms with E-state index in [0.717, 1.165) is 12.5 Å². The van der Waals surface area contributed by atoms with Gasteiger partial charge in [-0.3, -0.25) is 0 Å². The largest absolute Gasteiger partial charge is 0.348 e. The highest BCUT2D eigenvalue weighted by Gasteiger charge is 2.20. The average molecular weight is 253 g/mol. The first-order valence-corrected chi connectivity index (χ1v) is 7.49. The normalized spacial score (nSPS) is 17.6. The molecular formula is C13H23N3S. The second-order valence-corrected chi connectivity index (χ2v) is 5.95. The first-order chi connectivity index (χ1) is 8.33. The van der Waals surface area contributed by atoms with Crippen LogP contribution < -0.4 is 10.2 Å². The van der Waals surface area contributed by atoms with Crippen LogP contribution in [0.25, 0.3) is 0 Å². The third-order valence-corrected chi connectivity index (χ3v) is 4.53. The molecule has 0 atom stereocenters. The molecule has 0 saturated carbocycles. The van der Waals surface area contributed by atoms with E-state index in [0.29, 0.717) is 0 Å². The minimum absolute atomic E-state index is 0.934. The zero-order valence-electron chi connectivity index (χ0n) is 10.9. The number of thiazole rings is 1. The van der Waals surface area contributed by atoms with E-state index in [4.69, 9.17) is 0 Å². The van der Waals surface area contributed by atoms with Gasteiger partial charge in [0.1, 0.15) is 0 Å². The van der Waals surface area contributed by atoms with Crippen LogP contribution >= 0.6 is 11.3 Å². The van der Waals surface area contributed by atoms with E-state index in [2.05, 4.69) is 22.1 Å². The standard InChI is InChI=1S/C13H23N3S/c1-3-4-11-5-7-16(8-6-11)13-15-10-12(17-13)9-14-2/h10-11,14H,3-9H2,1-2H3. The molecule has 3 nitrogen and oxygen atoms in total. The molecule has 1 aliphatic heterocycles. The summed E-state index contributed by atoms with van der Waals surface area (Å²) in [5, 5.41) is 4.39. The molecule has 17 heavy (non-hydrogen) atoms. The summed E-state index contributed by atoms with van der Waals surface area (Å²) in [4.78, 5) is 8.32. The van der Waals surface area contributed by atoms with Crippen molar-refractivity contribution < 1.29 is 0 Å². The molecule has 4 heteroatoms. The quantitative estimate of drug-likeness (QED) is 0.874. The Labute approximate surface area is 108 Å². The second-order valence-electron chi connectivity index (χ2n) is 4.86. The Bertz CT molecular complexity index is 329. The van der Waals surface area contributed by atoms with E-state index in [-0.39, 0.29) is 0 Å². The summed E-state index contributed by atoms with van der Waals surface area (Å²) < 4.78 is 0. The number of anilines is 1. The van der Waals surface area contributed by atoms with Crippen molar-refractivity contribution in [1.82, 2.24) is 10.3 Å². The molecule has 1 fully saturated rings. The van der Waals surface area contributed by atoms with Gasteiger partial charge in [0.2, 0.25) is 0 Å². The van der Waals surface area contributed by atoms with Crippen LogP contribution in [0.5, 0.6) is 0 Å². The van der Waals surface area contributed by atoms with Gasteiger partial charge in [0, 0.05) is 30.7 Å². The zero-order chi connectivity index (χ0) is 12.1. The molecule has 2 heterocycles.